The van der Waals surface area contributed by atoms with Gasteiger partial charge in [0.1, 0.15) is 0 Å². The molecule has 0 fully saturated rings. The summed E-state index contributed by atoms with van der Waals surface area (Å²) in [4.78, 5) is 15.8. The number of ether oxygens (including phenoxy) is 1. The number of aromatic nitrogens is 1. The number of benzene rings is 1. The van der Waals surface area contributed by atoms with Gasteiger partial charge in [0.2, 0.25) is 0 Å². The molecule has 0 amide bonds. The van der Waals surface area contributed by atoms with Crippen LogP contribution in [0.4, 0.5) is 5.69 Å². The summed E-state index contributed by atoms with van der Waals surface area (Å²) in [5.74, 6) is -0.491. The van der Waals surface area contributed by atoms with Crippen LogP contribution in [0, 0.1) is 5.41 Å². The number of pyridine rings is 1. The van der Waals surface area contributed by atoms with Crippen molar-refractivity contribution in [3.63, 3.8) is 0 Å². The van der Waals surface area contributed by atoms with Gasteiger partial charge in [-0.25, -0.2) is 4.79 Å². The van der Waals surface area contributed by atoms with Gasteiger partial charge < -0.3 is 15.8 Å². The first-order valence-electron chi connectivity index (χ1n) is 6.94. The van der Waals surface area contributed by atoms with Crippen LogP contribution >= 0.6 is 0 Å². The minimum Gasteiger partial charge on any atom is -0.465 e. The summed E-state index contributed by atoms with van der Waals surface area (Å²) < 4.78 is 4.76. The first-order valence-corrected chi connectivity index (χ1v) is 6.94. The zero-order chi connectivity index (χ0) is 16.8. The van der Waals surface area contributed by atoms with Crippen molar-refractivity contribution in [3.8, 4) is 0 Å². The first-order chi connectivity index (χ1) is 11.0. The number of allylic oxidation sites excluding steroid dienone is 2. The lowest BCUT2D eigenvalue weighted by Gasteiger charge is -2.16. The van der Waals surface area contributed by atoms with Crippen LogP contribution in [0.15, 0.2) is 60.2 Å². The smallest absolute Gasteiger partial charge is 0.340 e. The van der Waals surface area contributed by atoms with Gasteiger partial charge in [-0.05, 0) is 13.0 Å². The molecule has 0 bridgehead atoms. The van der Waals surface area contributed by atoms with Crippen LogP contribution in [0.2, 0.25) is 0 Å². The van der Waals surface area contributed by atoms with Gasteiger partial charge in [0.05, 0.1) is 36.0 Å². The molecule has 2 aromatic rings. The monoisotopic (exact) mass is 310 g/mol. The predicted octanol–water partition coefficient (Wildman–Crippen LogP) is 2.54. The van der Waals surface area contributed by atoms with Crippen LogP contribution < -0.4 is 11.1 Å². The molecular weight excluding hydrogens is 292 g/mol. The van der Waals surface area contributed by atoms with E-state index in [1.54, 1.807) is 13.0 Å². The molecule has 0 aliphatic heterocycles. The number of rotatable bonds is 5. The van der Waals surface area contributed by atoms with E-state index in [0.29, 0.717) is 28.2 Å². The molecule has 1 heterocycles. The van der Waals surface area contributed by atoms with Crippen molar-refractivity contribution in [1.82, 2.24) is 4.98 Å². The Morgan fingerprint density at radius 1 is 1.26 bits per heavy atom. The summed E-state index contributed by atoms with van der Waals surface area (Å²) in [7, 11) is 1.31. The molecule has 0 aliphatic rings. The average Bonchev–Trinajstić information content (AvgIpc) is 2.59. The van der Waals surface area contributed by atoms with Crippen LogP contribution in [-0.4, -0.2) is 23.8 Å². The van der Waals surface area contributed by atoms with Gasteiger partial charge in [0.15, 0.2) is 0 Å². The number of hydrogen-bond acceptors (Lipinski definition) is 6. The van der Waals surface area contributed by atoms with E-state index in [0.717, 1.165) is 0 Å². The van der Waals surface area contributed by atoms with Crippen molar-refractivity contribution in [2.24, 2.45) is 5.73 Å². The highest BCUT2D eigenvalue weighted by molar-refractivity contribution is 6.13. The van der Waals surface area contributed by atoms with E-state index in [9.17, 15) is 4.79 Å². The van der Waals surface area contributed by atoms with Crippen molar-refractivity contribution >= 4 is 17.4 Å². The zero-order valence-electron chi connectivity index (χ0n) is 13.0. The van der Waals surface area contributed by atoms with Crippen molar-refractivity contribution in [1.29, 1.82) is 5.41 Å². The van der Waals surface area contributed by atoms with E-state index >= 15 is 0 Å². The first kappa shape index (κ1) is 16.2. The number of anilines is 1. The minimum absolute atomic E-state index is 0.227. The predicted molar refractivity (Wildman–Crippen MR) is 89.4 cm³/mol. The second-order valence-electron chi connectivity index (χ2n) is 4.84. The number of hydrogen-bond donors (Lipinski definition) is 3. The lowest BCUT2D eigenvalue weighted by atomic mass is 10.1. The van der Waals surface area contributed by atoms with Gasteiger partial charge in [-0.1, -0.05) is 30.3 Å². The number of nitrogens with one attached hydrogen (secondary N) is 2. The lowest BCUT2D eigenvalue weighted by Crippen LogP contribution is -2.19. The Labute approximate surface area is 134 Å². The largest absolute Gasteiger partial charge is 0.465 e. The SMILES string of the molecule is COC(=O)c1ccncc1N/C(C(=N)c1ccccc1)=C(\C)N. The van der Waals surface area contributed by atoms with Gasteiger partial charge in [-0.3, -0.25) is 10.4 Å². The Morgan fingerprint density at radius 3 is 2.57 bits per heavy atom. The number of methoxy groups -OCH3 is 1. The van der Waals surface area contributed by atoms with Gasteiger partial charge in [-0.15, -0.1) is 0 Å². The maximum atomic E-state index is 11.8. The van der Waals surface area contributed by atoms with Gasteiger partial charge in [0.25, 0.3) is 0 Å². The fourth-order valence-electron chi connectivity index (χ4n) is 2.02. The molecule has 0 saturated carbocycles. The van der Waals surface area contributed by atoms with Crippen LogP contribution in [0.5, 0.6) is 0 Å². The molecule has 2 rings (SSSR count). The fraction of sp³-hybridized carbons (Fsp3) is 0.118. The summed E-state index contributed by atoms with van der Waals surface area (Å²) >= 11 is 0. The van der Waals surface area contributed by atoms with E-state index in [4.69, 9.17) is 15.9 Å². The standard InChI is InChI=1S/C17H18N4O2/c1-11(18)16(15(19)12-6-4-3-5-7-12)21-14-10-20-9-8-13(14)17(22)23-2/h3-10,19,21H,18H2,1-2H3/b16-11+,19-15?. The lowest BCUT2D eigenvalue weighted by molar-refractivity contribution is 0.0601. The minimum atomic E-state index is -0.491. The average molecular weight is 310 g/mol. The summed E-state index contributed by atoms with van der Waals surface area (Å²) in [6.45, 7) is 1.69. The highest BCUT2D eigenvalue weighted by atomic mass is 16.5. The highest BCUT2D eigenvalue weighted by Crippen LogP contribution is 2.19. The third-order valence-corrected chi connectivity index (χ3v) is 3.19. The molecule has 23 heavy (non-hydrogen) atoms. The van der Waals surface area contributed by atoms with Crippen LogP contribution in [0.3, 0.4) is 0 Å². The van der Waals surface area contributed by atoms with Crippen molar-refractivity contribution in [2.45, 2.75) is 6.92 Å². The molecule has 6 heteroatoms. The normalized spacial score (nSPS) is 11.4. The molecular formula is C17H18N4O2. The van der Waals surface area contributed by atoms with Crippen LogP contribution in [0.25, 0.3) is 0 Å². The third kappa shape index (κ3) is 3.74. The molecule has 0 atom stereocenters. The highest BCUT2D eigenvalue weighted by Gasteiger charge is 2.16. The summed E-state index contributed by atoms with van der Waals surface area (Å²) in [6, 6.07) is 10.7. The molecule has 1 aromatic heterocycles. The molecule has 0 aliphatic carbocycles. The van der Waals surface area contributed by atoms with E-state index < -0.39 is 5.97 Å². The van der Waals surface area contributed by atoms with E-state index in [2.05, 4.69) is 10.3 Å². The number of nitrogens with zero attached hydrogens (tertiary/aromatic N) is 1. The van der Waals surface area contributed by atoms with Crippen molar-refractivity contribution in [3.05, 3.63) is 71.3 Å². The Morgan fingerprint density at radius 2 is 1.96 bits per heavy atom. The second-order valence-corrected chi connectivity index (χ2v) is 4.84. The topological polar surface area (TPSA) is 101 Å². The summed E-state index contributed by atoms with van der Waals surface area (Å²) in [6.07, 6.45) is 2.99. The Bertz CT molecular complexity index is 750. The number of carbonyl (C=O) groups is 1. The summed E-state index contributed by atoms with van der Waals surface area (Å²) in [5, 5.41) is 11.4. The van der Waals surface area contributed by atoms with Gasteiger partial charge >= 0.3 is 5.97 Å². The Balaban J connectivity index is 2.38. The number of esters is 1. The fourth-order valence-corrected chi connectivity index (χ4v) is 2.02. The number of nitrogens with two attached hydrogens (primary N) is 1. The second kappa shape index (κ2) is 7.22. The molecule has 0 spiro atoms. The zero-order valence-corrected chi connectivity index (χ0v) is 13.0. The van der Waals surface area contributed by atoms with Gasteiger partial charge in [0, 0.05) is 17.5 Å². The molecule has 0 radical (unpaired) electrons. The third-order valence-electron chi connectivity index (χ3n) is 3.19. The molecule has 0 unspecified atom stereocenters. The van der Waals surface area contributed by atoms with E-state index in [-0.39, 0.29) is 5.71 Å². The molecule has 118 valence electrons. The van der Waals surface area contributed by atoms with Crippen LogP contribution in [0.1, 0.15) is 22.8 Å². The molecule has 1 aromatic carbocycles. The molecule has 0 saturated heterocycles. The maximum absolute atomic E-state index is 11.8. The molecule has 6 nitrogen and oxygen atoms in total. The van der Waals surface area contributed by atoms with E-state index in [1.165, 1.54) is 19.5 Å². The van der Waals surface area contributed by atoms with Crippen LogP contribution in [-0.2, 0) is 4.74 Å². The number of carbonyl (C=O) groups excluding carboxylic acids is 1. The van der Waals surface area contributed by atoms with Crippen molar-refractivity contribution < 1.29 is 9.53 Å². The molecule has 4 N–H and O–H groups in total. The Hall–Kier alpha value is -3.15. The van der Waals surface area contributed by atoms with E-state index in [1.807, 2.05) is 30.3 Å². The quantitative estimate of drug-likeness (QED) is 0.582. The Kier molecular flexibility index (Phi) is 5.09. The summed E-state index contributed by atoms with van der Waals surface area (Å²) in [5.41, 5.74) is 8.45. The maximum Gasteiger partial charge on any atom is 0.340 e. The van der Waals surface area contributed by atoms with Crippen molar-refractivity contribution in [2.75, 3.05) is 12.4 Å². The van der Waals surface area contributed by atoms with Gasteiger partial charge in [-0.2, -0.15) is 0 Å².